The molecule has 0 bridgehead atoms. The zero-order chi connectivity index (χ0) is 33.2. The molecule has 2 unspecified atom stereocenters. The Kier molecular flexibility index (Phi) is 6.56. The first kappa shape index (κ1) is 28.7. The number of furan rings is 1. The minimum atomic E-state index is -0.0460. The molecule has 9 aromatic rings. The fourth-order valence-corrected chi connectivity index (χ4v) is 8.06. The van der Waals surface area contributed by atoms with E-state index in [1.807, 2.05) is 6.07 Å². The van der Waals surface area contributed by atoms with Crippen LogP contribution in [0.2, 0.25) is 0 Å². The highest BCUT2D eigenvalue weighted by atomic mass is 16.3. The fourth-order valence-electron chi connectivity index (χ4n) is 8.06. The Labute approximate surface area is 289 Å². The molecule has 50 heavy (non-hydrogen) atoms. The quantitative estimate of drug-likeness (QED) is 0.184. The zero-order valence-corrected chi connectivity index (χ0v) is 27.6. The maximum Gasteiger partial charge on any atom is 0.155 e. The second-order valence-corrected chi connectivity index (χ2v) is 13.2. The van der Waals surface area contributed by atoms with E-state index in [2.05, 4.69) is 163 Å². The van der Waals surface area contributed by atoms with Gasteiger partial charge in [-0.3, -0.25) is 4.99 Å². The Morgan fingerprint density at radius 1 is 0.600 bits per heavy atom. The van der Waals surface area contributed by atoms with Gasteiger partial charge in [-0.2, -0.15) is 0 Å². The van der Waals surface area contributed by atoms with Crippen molar-refractivity contribution in [3.8, 4) is 5.69 Å². The van der Waals surface area contributed by atoms with Crippen molar-refractivity contribution in [2.24, 2.45) is 15.9 Å². The molecule has 7 aromatic carbocycles. The van der Waals surface area contributed by atoms with E-state index in [0.29, 0.717) is 0 Å². The normalized spacial score (nSPS) is 16.4. The van der Waals surface area contributed by atoms with Gasteiger partial charge in [0.05, 0.1) is 22.8 Å². The number of para-hydroxylation sites is 1. The van der Waals surface area contributed by atoms with Crippen molar-refractivity contribution in [3.63, 3.8) is 0 Å². The molecule has 0 saturated carbocycles. The molecule has 238 valence electrons. The van der Waals surface area contributed by atoms with Gasteiger partial charge in [-0.25, -0.2) is 4.99 Å². The SMILES string of the molecule is CCC1C(c2cccc3oc4cc(-n5c6ccccc6c6cc7ccccc7cc65)ccc4c23)=NC(c2ccccc2)=NC1c1ccccc1. The summed E-state index contributed by atoms with van der Waals surface area (Å²) in [5, 5.41) is 7.14. The lowest BCUT2D eigenvalue weighted by molar-refractivity contribution is 0.533. The highest BCUT2D eigenvalue weighted by Gasteiger charge is 2.33. The summed E-state index contributed by atoms with van der Waals surface area (Å²) in [4.78, 5) is 10.7. The Balaban J connectivity index is 1.17. The Morgan fingerprint density at radius 3 is 2.16 bits per heavy atom. The van der Waals surface area contributed by atoms with Gasteiger partial charge in [-0.1, -0.05) is 122 Å². The summed E-state index contributed by atoms with van der Waals surface area (Å²) in [6.07, 6.45) is 0.905. The Bertz CT molecular complexity index is 2800. The predicted molar refractivity (Wildman–Crippen MR) is 208 cm³/mol. The highest BCUT2D eigenvalue weighted by Crippen LogP contribution is 2.41. The number of amidine groups is 1. The van der Waals surface area contributed by atoms with Crippen molar-refractivity contribution in [1.29, 1.82) is 0 Å². The van der Waals surface area contributed by atoms with Crippen LogP contribution in [0.5, 0.6) is 0 Å². The van der Waals surface area contributed by atoms with Crippen LogP contribution in [0.25, 0.3) is 60.2 Å². The molecule has 0 radical (unpaired) electrons. The van der Waals surface area contributed by atoms with E-state index in [1.165, 1.54) is 38.1 Å². The van der Waals surface area contributed by atoms with Gasteiger partial charge < -0.3 is 8.98 Å². The minimum absolute atomic E-state index is 0.0460. The van der Waals surface area contributed by atoms with Crippen LogP contribution in [-0.2, 0) is 0 Å². The molecule has 4 nitrogen and oxygen atoms in total. The van der Waals surface area contributed by atoms with E-state index in [-0.39, 0.29) is 12.0 Å². The maximum atomic E-state index is 6.71. The molecule has 2 atom stereocenters. The standard InChI is InChI=1S/C46H33N3O/c1-2-34-44(29-14-5-3-6-15-29)47-46(30-16-7-4-8-17-30)48-45(34)37-21-13-23-41-43(37)36-25-24-33(28-42(36)50-41)49-39-22-12-11-20-35(39)38-26-31-18-9-10-19-32(31)27-40(38)49/h3-28,34,44H,2H2,1H3. The summed E-state index contributed by atoms with van der Waals surface area (Å²) in [5.41, 5.74) is 9.54. The molecular formula is C46H33N3O. The van der Waals surface area contributed by atoms with Gasteiger partial charge in [0.15, 0.2) is 5.84 Å². The Hall–Kier alpha value is -6.26. The van der Waals surface area contributed by atoms with Gasteiger partial charge >= 0.3 is 0 Å². The van der Waals surface area contributed by atoms with Crippen LogP contribution in [-0.4, -0.2) is 16.1 Å². The first-order valence-electron chi connectivity index (χ1n) is 17.4. The molecule has 0 amide bonds. The molecule has 10 rings (SSSR count). The van der Waals surface area contributed by atoms with Crippen LogP contribution in [0, 0.1) is 5.92 Å². The topological polar surface area (TPSA) is 42.8 Å². The van der Waals surface area contributed by atoms with Crippen molar-refractivity contribution < 1.29 is 4.42 Å². The maximum absolute atomic E-state index is 6.71. The molecule has 1 aliphatic rings. The molecule has 0 saturated heterocycles. The summed E-state index contributed by atoms with van der Waals surface area (Å²) < 4.78 is 9.08. The van der Waals surface area contributed by atoms with Gasteiger partial charge in [0, 0.05) is 50.3 Å². The number of benzene rings is 7. The molecule has 0 fully saturated rings. The average Bonchev–Trinajstić information content (AvgIpc) is 3.72. The Morgan fingerprint density at radius 2 is 1.34 bits per heavy atom. The van der Waals surface area contributed by atoms with E-state index in [9.17, 15) is 0 Å². The second-order valence-electron chi connectivity index (χ2n) is 13.2. The largest absolute Gasteiger partial charge is 0.456 e. The van der Waals surface area contributed by atoms with E-state index in [4.69, 9.17) is 14.4 Å². The van der Waals surface area contributed by atoms with E-state index < -0.39 is 0 Å². The van der Waals surface area contributed by atoms with Crippen LogP contribution in [0.3, 0.4) is 0 Å². The van der Waals surface area contributed by atoms with Gasteiger partial charge in [-0.05, 0) is 59.2 Å². The van der Waals surface area contributed by atoms with Crippen molar-refractivity contribution in [2.45, 2.75) is 19.4 Å². The van der Waals surface area contributed by atoms with E-state index in [1.54, 1.807) is 0 Å². The molecule has 0 spiro atoms. The molecule has 0 aliphatic carbocycles. The summed E-state index contributed by atoms with van der Waals surface area (Å²) >= 11 is 0. The number of fused-ring (bicyclic) bond motifs is 7. The minimum Gasteiger partial charge on any atom is -0.456 e. The second kappa shape index (κ2) is 11.4. The third kappa shape index (κ3) is 4.45. The molecule has 4 heteroatoms. The smallest absolute Gasteiger partial charge is 0.155 e. The summed E-state index contributed by atoms with van der Waals surface area (Å²) in [7, 11) is 0. The number of aromatic nitrogens is 1. The van der Waals surface area contributed by atoms with E-state index in [0.717, 1.165) is 56.7 Å². The summed E-state index contributed by atoms with van der Waals surface area (Å²) in [6.45, 7) is 2.24. The lowest BCUT2D eigenvalue weighted by Crippen LogP contribution is -2.28. The third-order valence-electron chi connectivity index (χ3n) is 10.4. The van der Waals surface area contributed by atoms with Crippen LogP contribution in [0.1, 0.15) is 36.1 Å². The number of hydrogen-bond donors (Lipinski definition) is 0. The zero-order valence-electron chi connectivity index (χ0n) is 27.6. The number of rotatable bonds is 5. The van der Waals surface area contributed by atoms with Crippen LogP contribution < -0.4 is 0 Å². The molecule has 0 N–H and O–H groups in total. The van der Waals surface area contributed by atoms with Crippen LogP contribution in [0.4, 0.5) is 0 Å². The molecular weight excluding hydrogens is 611 g/mol. The highest BCUT2D eigenvalue weighted by molar-refractivity contribution is 6.23. The third-order valence-corrected chi connectivity index (χ3v) is 10.4. The van der Waals surface area contributed by atoms with Crippen LogP contribution in [0.15, 0.2) is 172 Å². The molecule has 2 aromatic heterocycles. The van der Waals surface area contributed by atoms with Crippen molar-refractivity contribution >= 4 is 66.1 Å². The van der Waals surface area contributed by atoms with Crippen LogP contribution >= 0.6 is 0 Å². The number of nitrogens with zero attached hydrogens (tertiary/aromatic N) is 3. The van der Waals surface area contributed by atoms with Gasteiger partial charge in [0.25, 0.3) is 0 Å². The first-order chi connectivity index (χ1) is 24.7. The van der Waals surface area contributed by atoms with Crippen molar-refractivity contribution in [1.82, 2.24) is 4.57 Å². The summed E-state index contributed by atoms with van der Waals surface area (Å²) in [5.74, 6) is 0.872. The van der Waals surface area contributed by atoms with Crippen molar-refractivity contribution in [3.05, 3.63) is 174 Å². The number of hydrogen-bond acceptors (Lipinski definition) is 3. The first-order valence-corrected chi connectivity index (χ1v) is 17.4. The summed E-state index contributed by atoms with van der Waals surface area (Å²) in [6, 6.07) is 55.9. The molecule has 3 heterocycles. The average molecular weight is 644 g/mol. The van der Waals surface area contributed by atoms with E-state index >= 15 is 0 Å². The van der Waals surface area contributed by atoms with Gasteiger partial charge in [0.2, 0.25) is 0 Å². The van der Waals surface area contributed by atoms with Gasteiger partial charge in [0.1, 0.15) is 11.2 Å². The lowest BCUT2D eigenvalue weighted by atomic mass is 9.82. The number of aliphatic imine (C=N–C) groups is 2. The molecule has 1 aliphatic heterocycles. The van der Waals surface area contributed by atoms with Gasteiger partial charge in [-0.15, -0.1) is 0 Å². The monoisotopic (exact) mass is 643 g/mol. The predicted octanol–water partition coefficient (Wildman–Crippen LogP) is 11.9. The van der Waals surface area contributed by atoms with Crippen molar-refractivity contribution in [2.75, 3.05) is 0 Å². The lowest BCUT2D eigenvalue weighted by Gasteiger charge is -2.30. The fraction of sp³-hybridized carbons (Fsp3) is 0.0870.